The Hall–Kier alpha value is -4.12. The second kappa shape index (κ2) is 12.8. The van der Waals surface area contributed by atoms with Crippen LogP contribution in [0, 0.1) is 11.7 Å². The summed E-state index contributed by atoms with van der Waals surface area (Å²) in [5.74, 6) is -4.58. The zero-order valence-electron chi connectivity index (χ0n) is 20.9. The fraction of sp³-hybridized carbons (Fsp3) is 0.207. The van der Waals surface area contributed by atoms with Crippen molar-refractivity contribution < 1.29 is 41.4 Å². The van der Waals surface area contributed by atoms with Crippen LogP contribution in [0.15, 0.2) is 88.2 Å². The van der Waals surface area contributed by atoms with Gasteiger partial charge >= 0.3 is 18.1 Å². The molecule has 1 aromatic heterocycles. The molecule has 40 heavy (non-hydrogen) atoms. The van der Waals surface area contributed by atoms with Gasteiger partial charge in [0.15, 0.2) is 5.69 Å². The number of alkyl halides is 3. The number of esters is 1. The average Bonchev–Trinajstić information content (AvgIpc) is 3.40. The lowest BCUT2D eigenvalue weighted by molar-refractivity contribution is -0.153. The van der Waals surface area contributed by atoms with Crippen LogP contribution in [0.1, 0.15) is 33.8 Å². The molecule has 0 fully saturated rings. The number of oxazole rings is 1. The molecule has 6 nitrogen and oxygen atoms in total. The van der Waals surface area contributed by atoms with Crippen molar-refractivity contribution in [2.75, 3.05) is 5.75 Å². The molecule has 3 aromatic carbocycles. The summed E-state index contributed by atoms with van der Waals surface area (Å²) in [5, 5.41) is 9.62. The third kappa shape index (κ3) is 7.72. The zero-order chi connectivity index (χ0) is 28.7. The average molecular weight is 574 g/mol. The van der Waals surface area contributed by atoms with E-state index in [4.69, 9.17) is 9.15 Å². The Morgan fingerprint density at radius 2 is 1.60 bits per heavy atom. The molecule has 1 N–H and O–H groups in total. The van der Waals surface area contributed by atoms with E-state index in [0.29, 0.717) is 17.7 Å². The van der Waals surface area contributed by atoms with Gasteiger partial charge in [-0.1, -0.05) is 42.5 Å². The fourth-order valence-electron chi connectivity index (χ4n) is 3.79. The standard InChI is InChI=1S/C29H23F4NO5S/c30-22-10-12-23(13-11-22)40-15-14-21(27(35)36)16-18-6-8-19(9-7-18)17-38-28(37)24-25(29(31,32)33)39-26(34-24)20-4-2-1-3-5-20/h1-13,21H,14-17H2,(H,35,36). The first-order valence-electron chi connectivity index (χ1n) is 12.1. The van der Waals surface area contributed by atoms with Crippen molar-refractivity contribution in [2.45, 2.75) is 30.5 Å². The Bertz CT molecular complexity index is 1440. The molecule has 1 unspecified atom stereocenters. The summed E-state index contributed by atoms with van der Waals surface area (Å²) in [5.41, 5.74) is 0.538. The van der Waals surface area contributed by atoms with E-state index in [1.807, 2.05) is 0 Å². The van der Waals surface area contributed by atoms with Gasteiger partial charge in [-0.3, -0.25) is 4.79 Å². The first-order valence-corrected chi connectivity index (χ1v) is 13.1. The van der Waals surface area contributed by atoms with Crippen molar-refractivity contribution in [3.63, 3.8) is 0 Å². The molecule has 0 radical (unpaired) electrons. The molecule has 4 aromatic rings. The maximum absolute atomic E-state index is 13.5. The second-order valence-corrected chi connectivity index (χ2v) is 9.95. The molecule has 0 aliphatic rings. The number of carbonyl (C=O) groups is 2. The molecule has 1 atom stereocenters. The summed E-state index contributed by atoms with van der Waals surface area (Å²) >= 11 is 1.44. The van der Waals surface area contributed by atoms with E-state index in [0.717, 1.165) is 10.5 Å². The number of nitrogens with zero attached hydrogens (tertiary/aromatic N) is 1. The fourth-order valence-corrected chi connectivity index (χ4v) is 4.76. The van der Waals surface area contributed by atoms with Gasteiger partial charge in [0.05, 0.1) is 5.92 Å². The van der Waals surface area contributed by atoms with E-state index in [1.165, 1.54) is 36.0 Å². The predicted octanol–water partition coefficient (Wildman–Crippen LogP) is 7.28. The summed E-state index contributed by atoms with van der Waals surface area (Å²) in [6.07, 6.45) is -4.30. The van der Waals surface area contributed by atoms with Gasteiger partial charge in [-0.25, -0.2) is 14.2 Å². The van der Waals surface area contributed by atoms with Crippen LogP contribution in [0.25, 0.3) is 11.5 Å². The van der Waals surface area contributed by atoms with Crippen molar-refractivity contribution in [2.24, 2.45) is 5.92 Å². The summed E-state index contributed by atoms with van der Waals surface area (Å²) in [6, 6.07) is 20.4. The van der Waals surface area contributed by atoms with Gasteiger partial charge in [0.2, 0.25) is 11.7 Å². The number of carbonyl (C=O) groups excluding carboxylic acids is 1. The second-order valence-electron chi connectivity index (χ2n) is 8.78. The summed E-state index contributed by atoms with van der Waals surface area (Å²) in [7, 11) is 0. The molecule has 0 bridgehead atoms. The van der Waals surface area contributed by atoms with Crippen molar-refractivity contribution in [3.05, 3.63) is 107 Å². The highest BCUT2D eigenvalue weighted by Crippen LogP contribution is 2.35. The van der Waals surface area contributed by atoms with Crippen molar-refractivity contribution in [3.8, 4) is 11.5 Å². The number of aliphatic carboxylic acids is 1. The van der Waals surface area contributed by atoms with Crippen molar-refractivity contribution >= 4 is 23.7 Å². The molecular formula is C29H23F4NO5S. The van der Waals surface area contributed by atoms with Gasteiger partial charge in [-0.05, 0) is 66.1 Å². The lowest BCUT2D eigenvalue weighted by Gasteiger charge is -2.13. The molecule has 0 aliphatic heterocycles. The predicted molar refractivity (Wildman–Crippen MR) is 139 cm³/mol. The van der Waals surface area contributed by atoms with E-state index < -0.39 is 35.5 Å². The molecule has 11 heteroatoms. The molecular weight excluding hydrogens is 550 g/mol. The Balaban J connectivity index is 1.35. The third-order valence-electron chi connectivity index (χ3n) is 5.87. The Morgan fingerprint density at radius 1 is 0.950 bits per heavy atom. The first kappa shape index (κ1) is 28.9. The normalized spacial score (nSPS) is 12.2. The van der Waals surface area contributed by atoms with Crippen molar-refractivity contribution in [1.82, 2.24) is 4.98 Å². The maximum atomic E-state index is 13.5. The molecule has 0 saturated carbocycles. The monoisotopic (exact) mass is 573 g/mol. The number of carboxylic acid groups (broad SMARTS) is 1. The Morgan fingerprint density at radius 3 is 2.23 bits per heavy atom. The third-order valence-corrected chi connectivity index (χ3v) is 6.92. The molecule has 0 spiro atoms. The number of benzene rings is 3. The van der Waals surface area contributed by atoms with Crippen LogP contribution in [0.5, 0.6) is 0 Å². The largest absolute Gasteiger partial charge is 0.481 e. The van der Waals surface area contributed by atoms with Gasteiger partial charge in [-0.2, -0.15) is 13.2 Å². The number of ether oxygens (including phenoxy) is 1. The number of thioether (sulfide) groups is 1. The molecule has 0 aliphatic carbocycles. The number of halogens is 4. The van der Waals surface area contributed by atoms with E-state index in [1.54, 1.807) is 54.6 Å². The van der Waals surface area contributed by atoms with Crippen LogP contribution in [0.2, 0.25) is 0 Å². The van der Waals surface area contributed by atoms with Crippen LogP contribution >= 0.6 is 11.8 Å². The first-order chi connectivity index (χ1) is 19.1. The van der Waals surface area contributed by atoms with Crippen LogP contribution in [0.3, 0.4) is 0 Å². The van der Waals surface area contributed by atoms with Crippen molar-refractivity contribution in [1.29, 1.82) is 0 Å². The van der Waals surface area contributed by atoms with Crippen LogP contribution in [-0.4, -0.2) is 27.8 Å². The minimum absolute atomic E-state index is 0.259. The van der Waals surface area contributed by atoms with Gasteiger partial charge in [-0.15, -0.1) is 11.8 Å². The number of hydrogen-bond acceptors (Lipinski definition) is 6. The number of rotatable bonds is 11. The van der Waals surface area contributed by atoms with Crippen LogP contribution in [0.4, 0.5) is 17.6 Å². The van der Waals surface area contributed by atoms with E-state index >= 15 is 0 Å². The highest BCUT2D eigenvalue weighted by atomic mass is 32.2. The summed E-state index contributed by atoms with van der Waals surface area (Å²) in [6.45, 7) is -0.319. The quantitative estimate of drug-likeness (QED) is 0.115. The number of carboxylic acids is 1. The van der Waals surface area contributed by atoms with Gasteiger partial charge < -0.3 is 14.3 Å². The molecule has 1 heterocycles. The molecule has 0 amide bonds. The Kier molecular flexibility index (Phi) is 9.26. The number of hydrogen-bond donors (Lipinski definition) is 1. The van der Waals surface area contributed by atoms with E-state index in [2.05, 4.69) is 4.98 Å². The highest BCUT2D eigenvalue weighted by Gasteiger charge is 2.42. The number of aromatic nitrogens is 1. The van der Waals surface area contributed by atoms with Gasteiger partial charge in [0.1, 0.15) is 12.4 Å². The van der Waals surface area contributed by atoms with Gasteiger partial charge in [0, 0.05) is 10.5 Å². The van der Waals surface area contributed by atoms with Gasteiger partial charge in [0.25, 0.3) is 0 Å². The lowest BCUT2D eigenvalue weighted by Crippen LogP contribution is -2.17. The lowest BCUT2D eigenvalue weighted by atomic mass is 9.96. The SMILES string of the molecule is O=C(OCc1ccc(CC(CCSc2ccc(F)cc2)C(=O)O)cc1)c1nc(-c2ccccc2)oc1C(F)(F)F. The topological polar surface area (TPSA) is 89.6 Å². The Labute approximate surface area is 231 Å². The maximum Gasteiger partial charge on any atom is 0.452 e. The molecule has 4 rings (SSSR count). The van der Waals surface area contributed by atoms with Crippen LogP contribution < -0.4 is 0 Å². The molecule has 208 valence electrons. The summed E-state index contributed by atoms with van der Waals surface area (Å²) < 4.78 is 63.4. The zero-order valence-corrected chi connectivity index (χ0v) is 21.7. The van der Waals surface area contributed by atoms with Crippen LogP contribution in [-0.2, 0) is 28.7 Å². The van der Waals surface area contributed by atoms with E-state index in [9.17, 15) is 32.3 Å². The minimum Gasteiger partial charge on any atom is -0.481 e. The summed E-state index contributed by atoms with van der Waals surface area (Å²) in [4.78, 5) is 28.8. The van der Waals surface area contributed by atoms with E-state index in [-0.39, 0.29) is 30.3 Å². The smallest absolute Gasteiger partial charge is 0.452 e. The highest BCUT2D eigenvalue weighted by molar-refractivity contribution is 7.99. The minimum atomic E-state index is -4.95. The molecule has 0 saturated heterocycles.